The fourth-order valence-electron chi connectivity index (χ4n) is 4.23. The van der Waals surface area contributed by atoms with E-state index in [4.69, 9.17) is 9.15 Å². The number of furan rings is 1. The number of amides is 1. The van der Waals surface area contributed by atoms with Gasteiger partial charge in [0.1, 0.15) is 10.8 Å². The van der Waals surface area contributed by atoms with E-state index in [2.05, 4.69) is 46.6 Å². The second-order valence-corrected chi connectivity index (χ2v) is 9.72. The summed E-state index contributed by atoms with van der Waals surface area (Å²) < 4.78 is 11.5. The van der Waals surface area contributed by atoms with Crippen molar-refractivity contribution in [3.63, 3.8) is 0 Å². The summed E-state index contributed by atoms with van der Waals surface area (Å²) in [5.41, 5.74) is 4.21. The topological polar surface area (TPSA) is 68.5 Å². The molecule has 0 bridgehead atoms. The minimum absolute atomic E-state index is 0.0241. The van der Waals surface area contributed by atoms with Gasteiger partial charge < -0.3 is 14.1 Å². The Kier molecular flexibility index (Phi) is 6.97. The van der Waals surface area contributed by atoms with E-state index >= 15 is 0 Å². The largest absolute Gasteiger partial charge is 0.455 e. The van der Waals surface area contributed by atoms with Crippen molar-refractivity contribution in [3.05, 3.63) is 90.4 Å². The number of rotatable bonds is 6. The van der Waals surface area contributed by atoms with Gasteiger partial charge >= 0.3 is 0 Å². The van der Waals surface area contributed by atoms with Crippen LogP contribution in [0.25, 0.3) is 22.4 Å². The highest BCUT2D eigenvalue weighted by atomic mass is 32.2. The number of benzene rings is 2. The van der Waals surface area contributed by atoms with E-state index in [-0.39, 0.29) is 18.1 Å². The summed E-state index contributed by atoms with van der Waals surface area (Å²) in [7, 11) is 0. The van der Waals surface area contributed by atoms with Crippen molar-refractivity contribution < 1.29 is 13.9 Å². The number of hydrogen-bond donors (Lipinski definition) is 0. The van der Waals surface area contributed by atoms with Crippen LogP contribution < -0.4 is 0 Å². The maximum Gasteiger partial charge on any atom is 0.289 e. The molecule has 0 N–H and O–H groups in total. The van der Waals surface area contributed by atoms with Crippen LogP contribution in [0.3, 0.4) is 0 Å². The molecular weight excluding hydrogens is 458 g/mol. The van der Waals surface area contributed by atoms with E-state index in [9.17, 15) is 4.79 Å². The molecule has 1 amide bonds. The Bertz CT molecular complexity index is 1260. The standard InChI is InChI=1S/C28H27N3O3S/c1-19-16-31(17-20(2)33-19)28(32)26-14-12-24(34-26)18-35-27-15-13-25(29-30-27)23-10-8-22(9-11-23)21-6-4-3-5-7-21/h3-15,19-20H,16-18H2,1-2H3. The first-order valence-corrected chi connectivity index (χ1v) is 12.7. The van der Waals surface area contributed by atoms with E-state index in [0.717, 1.165) is 22.0 Å². The Morgan fingerprint density at radius 1 is 0.857 bits per heavy atom. The van der Waals surface area contributed by atoms with Gasteiger partial charge in [-0.3, -0.25) is 4.79 Å². The molecule has 1 saturated heterocycles. The number of aromatic nitrogens is 2. The summed E-state index contributed by atoms with van der Waals surface area (Å²) in [6, 6.07) is 26.2. The van der Waals surface area contributed by atoms with Crippen molar-refractivity contribution in [1.29, 1.82) is 0 Å². The van der Waals surface area contributed by atoms with Crippen molar-refractivity contribution >= 4 is 17.7 Å². The molecule has 2 aromatic carbocycles. The molecule has 2 unspecified atom stereocenters. The lowest BCUT2D eigenvalue weighted by Gasteiger charge is -2.34. The quantitative estimate of drug-likeness (QED) is 0.315. The summed E-state index contributed by atoms with van der Waals surface area (Å²) in [6.07, 6.45) is 0.0482. The minimum Gasteiger partial charge on any atom is -0.455 e. The van der Waals surface area contributed by atoms with Crippen LogP contribution in [0.15, 0.2) is 88.3 Å². The van der Waals surface area contributed by atoms with Crippen molar-refractivity contribution in [2.75, 3.05) is 13.1 Å². The Labute approximate surface area is 209 Å². The zero-order chi connectivity index (χ0) is 24.2. The normalized spacial score (nSPS) is 17.9. The monoisotopic (exact) mass is 485 g/mol. The summed E-state index contributed by atoms with van der Waals surface area (Å²) in [5.74, 6) is 1.58. The number of nitrogens with zero attached hydrogens (tertiary/aromatic N) is 3. The van der Waals surface area contributed by atoms with Crippen molar-refractivity contribution in [2.24, 2.45) is 0 Å². The molecule has 1 fully saturated rings. The van der Waals surface area contributed by atoms with Crippen LogP contribution >= 0.6 is 11.8 Å². The highest BCUT2D eigenvalue weighted by molar-refractivity contribution is 7.98. The van der Waals surface area contributed by atoms with Crippen LogP contribution in [0.2, 0.25) is 0 Å². The zero-order valence-corrected chi connectivity index (χ0v) is 20.6. The van der Waals surface area contributed by atoms with E-state index in [1.165, 1.54) is 22.9 Å². The number of morpholine rings is 1. The molecule has 0 aliphatic carbocycles. The molecule has 7 heteroatoms. The lowest BCUT2D eigenvalue weighted by molar-refractivity contribution is -0.0592. The number of thioether (sulfide) groups is 1. The van der Waals surface area contributed by atoms with Crippen LogP contribution in [0.5, 0.6) is 0 Å². The average molecular weight is 486 g/mol. The highest BCUT2D eigenvalue weighted by Gasteiger charge is 2.28. The predicted molar refractivity (Wildman–Crippen MR) is 137 cm³/mol. The molecule has 2 aromatic heterocycles. The lowest BCUT2D eigenvalue weighted by Crippen LogP contribution is -2.48. The minimum atomic E-state index is -0.0920. The van der Waals surface area contributed by atoms with Gasteiger partial charge in [0.25, 0.3) is 5.91 Å². The van der Waals surface area contributed by atoms with Crippen molar-refractivity contribution in [3.8, 4) is 22.4 Å². The fourth-order valence-corrected chi connectivity index (χ4v) is 4.94. The number of hydrogen-bond acceptors (Lipinski definition) is 6. The second-order valence-electron chi connectivity index (χ2n) is 8.72. The van der Waals surface area contributed by atoms with Crippen molar-refractivity contribution in [2.45, 2.75) is 36.8 Å². The van der Waals surface area contributed by atoms with Crippen LogP contribution in [-0.2, 0) is 10.5 Å². The molecule has 178 valence electrons. The second kappa shape index (κ2) is 10.5. The summed E-state index contributed by atoms with van der Waals surface area (Å²) in [5, 5.41) is 9.56. The summed E-state index contributed by atoms with van der Waals surface area (Å²) >= 11 is 1.53. The molecule has 5 rings (SSSR count). The average Bonchev–Trinajstić information content (AvgIpc) is 3.36. The molecule has 2 atom stereocenters. The van der Waals surface area contributed by atoms with Gasteiger partial charge in [-0.05, 0) is 49.2 Å². The maximum absolute atomic E-state index is 12.8. The summed E-state index contributed by atoms with van der Waals surface area (Å²) in [4.78, 5) is 14.6. The van der Waals surface area contributed by atoms with E-state index in [1.54, 1.807) is 11.0 Å². The van der Waals surface area contributed by atoms with E-state index < -0.39 is 0 Å². The van der Waals surface area contributed by atoms with Gasteiger partial charge in [0, 0.05) is 18.7 Å². The van der Waals surface area contributed by atoms with E-state index in [0.29, 0.717) is 24.6 Å². The van der Waals surface area contributed by atoms with Gasteiger partial charge in [0.05, 0.1) is 23.7 Å². The van der Waals surface area contributed by atoms with Crippen LogP contribution in [-0.4, -0.2) is 46.3 Å². The smallest absolute Gasteiger partial charge is 0.289 e. The van der Waals surface area contributed by atoms with E-state index in [1.807, 2.05) is 50.2 Å². The molecule has 1 aliphatic rings. The molecule has 6 nitrogen and oxygen atoms in total. The lowest BCUT2D eigenvalue weighted by atomic mass is 10.0. The first kappa shape index (κ1) is 23.3. The van der Waals surface area contributed by atoms with Gasteiger partial charge in [0.2, 0.25) is 0 Å². The van der Waals surface area contributed by atoms with Gasteiger partial charge in [-0.15, -0.1) is 10.2 Å². The van der Waals surface area contributed by atoms with Crippen LogP contribution in [0, 0.1) is 0 Å². The van der Waals surface area contributed by atoms with Crippen molar-refractivity contribution in [1.82, 2.24) is 15.1 Å². The third kappa shape index (κ3) is 5.63. The molecular formula is C28H27N3O3S. The SMILES string of the molecule is CC1CN(C(=O)c2ccc(CSc3ccc(-c4ccc(-c5ccccc5)cc4)nn3)o2)CC(C)O1. The molecule has 1 aliphatic heterocycles. The van der Waals surface area contributed by atoms with Gasteiger partial charge in [-0.2, -0.15) is 0 Å². The van der Waals surface area contributed by atoms with Gasteiger partial charge in [0.15, 0.2) is 5.76 Å². The molecule has 0 saturated carbocycles. The first-order chi connectivity index (χ1) is 17.0. The van der Waals surface area contributed by atoms with Gasteiger partial charge in [-0.1, -0.05) is 66.4 Å². The van der Waals surface area contributed by atoms with Gasteiger partial charge in [-0.25, -0.2) is 0 Å². The summed E-state index contributed by atoms with van der Waals surface area (Å²) in [6.45, 7) is 5.11. The number of ether oxygens (including phenoxy) is 1. The third-order valence-electron chi connectivity index (χ3n) is 5.87. The molecule has 0 radical (unpaired) electrons. The Balaban J connectivity index is 1.18. The van der Waals surface area contributed by atoms with Crippen LogP contribution in [0.4, 0.5) is 0 Å². The first-order valence-electron chi connectivity index (χ1n) is 11.7. The zero-order valence-electron chi connectivity index (χ0n) is 19.8. The highest BCUT2D eigenvalue weighted by Crippen LogP contribution is 2.26. The Hall–Kier alpha value is -3.42. The third-order valence-corrected chi connectivity index (χ3v) is 6.81. The maximum atomic E-state index is 12.8. The molecule has 3 heterocycles. The predicted octanol–water partition coefficient (Wildman–Crippen LogP) is 5.95. The molecule has 35 heavy (non-hydrogen) atoms. The fraction of sp³-hybridized carbons (Fsp3) is 0.250. The Morgan fingerprint density at radius 3 is 2.23 bits per heavy atom. The number of carbonyl (C=O) groups excluding carboxylic acids is 1. The molecule has 4 aromatic rings. The Morgan fingerprint density at radius 2 is 1.54 bits per heavy atom. The molecule has 0 spiro atoms. The van der Waals surface area contributed by atoms with Crippen LogP contribution in [0.1, 0.15) is 30.2 Å². The number of carbonyl (C=O) groups is 1.